The molecule has 2 nitrogen and oxygen atoms in total. The first-order chi connectivity index (χ1) is 9.46. The second kappa shape index (κ2) is 4.77. The third-order valence-corrected chi connectivity index (χ3v) is 5.39. The van der Waals surface area contributed by atoms with Gasteiger partial charge < -0.3 is 10.1 Å². The van der Waals surface area contributed by atoms with E-state index in [0.717, 1.165) is 12.4 Å². The molecule has 1 aromatic carbocycles. The van der Waals surface area contributed by atoms with Crippen molar-refractivity contribution in [2.45, 2.75) is 57.9 Å². The molecule has 0 bridgehead atoms. The summed E-state index contributed by atoms with van der Waals surface area (Å²) in [5.41, 5.74) is 3.33. The number of hydrogen-bond donors (Lipinski definition) is 1. The average molecular weight is 273 g/mol. The Balaban J connectivity index is 1.97. The van der Waals surface area contributed by atoms with E-state index in [4.69, 9.17) is 4.74 Å². The fourth-order valence-corrected chi connectivity index (χ4v) is 4.11. The number of fused-ring (bicyclic) bond motifs is 1. The van der Waals surface area contributed by atoms with E-state index in [-0.39, 0.29) is 5.41 Å². The Morgan fingerprint density at radius 1 is 1.15 bits per heavy atom. The summed E-state index contributed by atoms with van der Waals surface area (Å²) in [6.45, 7) is 7.78. The highest BCUT2D eigenvalue weighted by atomic mass is 16.5. The molecule has 0 aromatic heterocycles. The molecular formula is C18H27NO. The molecule has 20 heavy (non-hydrogen) atoms. The second-order valence-corrected chi connectivity index (χ2v) is 7.51. The van der Waals surface area contributed by atoms with Crippen LogP contribution < -0.4 is 10.1 Å². The predicted octanol–water partition coefficient (Wildman–Crippen LogP) is 4.20. The Morgan fingerprint density at radius 3 is 2.50 bits per heavy atom. The van der Waals surface area contributed by atoms with Crippen molar-refractivity contribution in [2.75, 3.05) is 13.7 Å². The van der Waals surface area contributed by atoms with Crippen molar-refractivity contribution in [3.05, 3.63) is 29.3 Å². The molecule has 110 valence electrons. The SMILES string of the molecule is CNC(c1ccc2c(c1)C(C)(C)CO2)C1(C)CCCC1. The van der Waals surface area contributed by atoms with E-state index in [0.29, 0.717) is 11.5 Å². The van der Waals surface area contributed by atoms with Crippen molar-refractivity contribution in [3.63, 3.8) is 0 Å². The Hall–Kier alpha value is -1.02. The van der Waals surface area contributed by atoms with Gasteiger partial charge in [0.25, 0.3) is 0 Å². The third-order valence-electron chi connectivity index (χ3n) is 5.39. The summed E-state index contributed by atoms with van der Waals surface area (Å²) in [5, 5.41) is 3.58. The molecule has 1 aromatic rings. The van der Waals surface area contributed by atoms with Crippen LogP contribution in [-0.4, -0.2) is 13.7 Å². The van der Waals surface area contributed by atoms with Gasteiger partial charge in [0.2, 0.25) is 0 Å². The van der Waals surface area contributed by atoms with Gasteiger partial charge in [-0.1, -0.05) is 39.7 Å². The van der Waals surface area contributed by atoms with E-state index in [9.17, 15) is 0 Å². The van der Waals surface area contributed by atoms with E-state index in [1.54, 1.807) is 0 Å². The first-order valence-corrected chi connectivity index (χ1v) is 7.91. The van der Waals surface area contributed by atoms with Crippen molar-refractivity contribution in [1.29, 1.82) is 0 Å². The molecule has 1 atom stereocenters. The maximum Gasteiger partial charge on any atom is 0.123 e. The highest BCUT2D eigenvalue weighted by molar-refractivity contribution is 5.46. The van der Waals surface area contributed by atoms with Gasteiger partial charge in [0.1, 0.15) is 5.75 Å². The molecule has 2 heteroatoms. The van der Waals surface area contributed by atoms with Crippen LogP contribution in [0.3, 0.4) is 0 Å². The van der Waals surface area contributed by atoms with Crippen LogP contribution in [0.5, 0.6) is 5.75 Å². The first-order valence-electron chi connectivity index (χ1n) is 7.91. The van der Waals surface area contributed by atoms with Crippen molar-refractivity contribution < 1.29 is 4.74 Å². The van der Waals surface area contributed by atoms with Crippen LogP contribution in [0, 0.1) is 5.41 Å². The van der Waals surface area contributed by atoms with Gasteiger partial charge in [-0.2, -0.15) is 0 Å². The van der Waals surface area contributed by atoms with E-state index in [1.807, 2.05) is 0 Å². The lowest BCUT2D eigenvalue weighted by Gasteiger charge is -2.35. The summed E-state index contributed by atoms with van der Waals surface area (Å²) >= 11 is 0. The van der Waals surface area contributed by atoms with Gasteiger partial charge in [0, 0.05) is 17.0 Å². The topological polar surface area (TPSA) is 21.3 Å². The van der Waals surface area contributed by atoms with Gasteiger partial charge in [-0.15, -0.1) is 0 Å². The third kappa shape index (κ3) is 2.14. The Morgan fingerprint density at radius 2 is 1.85 bits per heavy atom. The van der Waals surface area contributed by atoms with E-state index in [1.165, 1.54) is 36.8 Å². The fraction of sp³-hybridized carbons (Fsp3) is 0.667. The summed E-state index contributed by atoms with van der Waals surface area (Å²) < 4.78 is 5.81. The normalized spacial score (nSPS) is 24.2. The van der Waals surface area contributed by atoms with Crippen molar-refractivity contribution in [2.24, 2.45) is 5.41 Å². The number of ether oxygens (including phenoxy) is 1. The second-order valence-electron chi connectivity index (χ2n) is 7.51. The Labute approximate surface area is 122 Å². The molecule has 2 aliphatic rings. The van der Waals surface area contributed by atoms with E-state index in [2.05, 4.69) is 51.3 Å². The molecule has 1 fully saturated rings. The highest BCUT2D eigenvalue weighted by Crippen LogP contribution is 2.48. The monoisotopic (exact) mass is 273 g/mol. The number of benzene rings is 1. The molecule has 3 rings (SSSR count). The minimum absolute atomic E-state index is 0.139. The average Bonchev–Trinajstić information content (AvgIpc) is 2.96. The largest absolute Gasteiger partial charge is 0.492 e. The predicted molar refractivity (Wildman–Crippen MR) is 83.3 cm³/mol. The highest BCUT2D eigenvalue weighted by Gasteiger charge is 2.38. The standard InChI is InChI=1S/C18H27NO/c1-17(2)12-20-15-8-7-13(11-14(15)17)16(19-4)18(3)9-5-6-10-18/h7-8,11,16,19H,5-6,9-10,12H2,1-4H3. The summed E-state index contributed by atoms with van der Waals surface area (Å²) in [4.78, 5) is 0. The van der Waals surface area contributed by atoms with Gasteiger partial charge in [-0.05, 0) is 43.0 Å². The van der Waals surface area contributed by atoms with Crippen LogP contribution >= 0.6 is 0 Å². The van der Waals surface area contributed by atoms with E-state index >= 15 is 0 Å². The molecule has 1 heterocycles. The van der Waals surface area contributed by atoms with Gasteiger partial charge >= 0.3 is 0 Å². The summed E-state index contributed by atoms with van der Waals surface area (Å²) in [5.74, 6) is 1.07. The zero-order valence-corrected chi connectivity index (χ0v) is 13.3. The van der Waals surface area contributed by atoms with Crippen molar-refractivity contribution >= 4 is 0 Å². The molecule has 1 aliphatic carbocycles. The van der Waals surface area contributed by atoms with Gasteiger partial charge in [0.05, 0.1) is 6.61 Å². The van der Waals surface area contributed by atoms with Crippen LogP contribution in [0.2, 0.25) is 0 Å². The minimum atomic E-state index is 0.139. The van der Waals surface area contributed by atoms with Crippen molar-refractivity contribution in [3.8, 4) is 5.75 Å². The molecule has 0 radical (unpaired) electrons. The Bertz CT molecular complexity index is 500. The summed E-state index contributed by atoms with van der Waals surface area (Å²) in [6, 6.07) is 7.26. The minimum Gasteiger partial charge on any atom is -0.492 e. The lowest BCUT2D eigenvalue weighted by atomic mass is 9.76. The summed E-state index contributed by atoms with van der Waals surface area (Å²) in [7, 11) is 2.10. The lowest BCUT2D eigenvalue weighted by molar-refractivity contribution is 0.233. The molecule has 1 saturated carbocycles. The van der Waals surface area contributed by atoms with Crippen LogP contribution in [0.4, 0.5) is 0 Å². The van der Waals surface area contributed by atoms with Crippen LogP contribution in [0.15, 0.2) is 18.2 Å². The zero-order valence-electron chi connectivity index (χ0n) is 13.3. The number of nitrogens with one attached hydrogen (secondary N) is 1. The lowest BCUT2D eigenvalue weighted by Crippen LogP contribution is -2.32. The molecule has 1 aliphatic heterocycles. The number of hydrogen-bond acceptors (Lipinski definition) is 2. The zero-order chi connectivity index (χ0) is 14.4. The maximum atomic E-state index is 5.81. The molecule has 1 unspecified atom stereocenters. The smallest absolute Gasteiger partial charge is 0.123 e. The van der Waals surface area contributed by atoms with E-state index < -0.39 is 0 Å². The molecular weight excluding hydrogens is 246 g/mol. The molecule has 1 N–H and O–H groups in total. The van der Waals surface area contributed by atoms with Gasteiger partial charge in [0.15, 0.2) is 0 Å². The molecule has 0 saturated heterocycles. The van der Waals surface area contributed by atoms with Crippen LogP contribution in [0.1, 0.15) is 63.6 Å². The van der Waals surface area contributed by atoms with Crippen LogP contribution in [0.25, 0.3) is 0 Å². The fourth-order valence-electron chi connectivity index (χ4n) is 4.11. The Kier molecular flexibility index (Phi) is 3.32. The molecule has 0 amide bonds. The van der Waals surface area contributed by atoms with Gasteiger partial charge in [-0.25, -0.2) is 0 Å². The van der Waals surface area contributed by atoms with Crippen LogP contribution in [-0.2, 0) is 5.41 Å². The maximum absolute atomic E-state index is 5.81. The first kappa shape index (κ1) is 13.9. The number of rotatable bonds is 3. The van der Waals surface area contributed by atoms with Crippen molar-refractivity contribution in [1.82, 2.24) is 5.32 Å². The van der Waals surface area contributed by atoms with Gasteiger partial charge in [-0.3, -0.25) is 0 Å². The molecule has 0 spiro atoms. The quantitative estimate of drug-likeness (QED) is 0.891. The summed E-state index contributed by atoms with van der Waals surface area (Å²) in [6.07, 6.45) is 5.40.